The van der Waals surface area contributed by atoms with Crippen molar-refractivity contribution in [1.82, 2.24) is 35.5 Å². The summed E-state index contributed by atoms with van der Waals surface area (Å²) in [7, 11) is 0. The monoisotopic (exact) mass is 444 g/mol. The molecule has 0 saturated carbocycles. The lowest BCUT2D eigenvalue weighted by Gasteiger charge is -2.21. The third kappa shape index (κ3) is 3.87. The Labute approximate surface area is 191 Å². The Kier molecular flexibility index (Phi) is 5.27. The Hall–Kier alpha value is -3.30. The van der Waals surface area contributed by atoms with Crippen LogP contribution in [0.3, 0.4) is 0 Å². The molecule has 2 aliphatic rings. The minimum atomic E-state index is 0.262. The molecule has 2 fully saturated rings. The lowest BCUT2D eigenvalue weighted by Crippen LogP contribution is -2.27. The summed E-state index contributed by atoms with van der Waals surface area (Å²) in [5, 5.41) is 11.0. The van der Waals surface area contributed by atoms with Gasteiger partial charge in [0.25, 0.3) is 0 Å². The number of hydrogen-bond acceptors (Lipinski definition) is 7. The lowest BCUT2D eigenvalue weighted by molar-refractivity contribution is 0.111. The molecule has 0 aliphatic carbocycles. The van der Waals surface area contributed by atoms with Crippen molar-refractivity contribution in [2.75, 3.05) is 25.4 Å². The number of nitrogens with one attached hydrogen (secondary N) is 3. The van der Waals surface area contributed by atoms with Crippen LogP contribution in [-0.4, -0.2) is 55.9 Å². The van der Waals surface area contributed by atoms with E-state index in [4.69, 9.17) is 20.4 Å². The van der Waals surface area contributed by atoms with Crippen molar-refractivity contribution in [2.45, 2.75) is 44.1 Å². The van der Waals surface area contributed by atoms with Gasteiger partial charge in [0, 0.05) is 30.7 Å². The number of nitrogen functional groups attached to an aromatic ring is 1. The number of imidazole rings is 1. The highest BCUT2D eigenvalue weighted by atomic mass is 16.5. The normalized spacial score (nSPS) is 19.5. The summed E-state index contributed by atoms with van der Waals surface area (Å²) >= 11 is 0. The second-order valence-electron chi connectivity index (χ2n) is 8.94. The van der Waals surface area contributed by atoms with E-state index < -0.39 is 0 Å². The second kappa shape index (κ2) is 8.57. The maximum atomic E-state index is 6.26. The standard InChI is InChI=1S/C24H28N8O/c25-23-22(24-30-18-5-1-3-15(21(18)31-24)11-16-4-2-10-33-16)29-19(13-27-23)17-12-28-32-20(17)14-6-8-26-9-7-14/h1,3,5,12-14,16,26H,2,4,6-11H2,(H2,25,27)(H,28,32)(H,30,31). The van der Waals surface area contributed by atoms with Gasteiger partial charge >= 0.3 is 0 Å². The van der Waals surface area contributed by atoms with E-state index in [1.807, 2.05) is 12.3 Å². The van der Waals surface area contributed by atoms with Gasteiger partial charge in [-0.1, -0.05) is 12.1 Å². The van der Waals surface area contributed by atoms with E-state index in [1.165, 1.54) is 5.56 Å². The number of piperidine rings is 1. The topological polar surface area (TPSA) is 130 Å². The number of para-hydroxylation sites is 1. The molecule has 1 unspecified atom stereocenters. The molecule has 0 bridgehead atoms. The van der Waals surface area contributed by atoms with Crippen LogP contribution in [-0.2, 0) is 11.2 Å². The number of fused-ring (bicyclic) bond motifs is 1. The predicted octanol–water partition coefficient (Wildman–Crippen LogP) is 3.18. The predicted molar refractivity (Wildman–Crippen MR) is 127 cm³/mol. The van der Waals surface area contributed by atoms with Gasteiger partial charge in [0.15, 0.2) is 11.6 Å². The fourth-order valence-electron chi connectivity index (χ4n) is 5.03. The van der Waals surface area contributed by atoms with Crippen molar-refractivity contribution < 1.29 is 4.74 Å². The Bertz CT molecular complexity index is 1270. The second-order valence-corrected chi connectivity index (χ2v) is 8.94. The Morgan fingerprint density at radius 3 is 2.88 bits per heavy atom. The summed E-state index contributed by atoms with van der Waals surface area (Å²) in [6, 6.07) is 6.21. The third-order valence-corrected chi connectivity index (χ3v) is 6.76. The number of nitrogens with zero attached hydrogens (tertiary/aromatic N) is 4. The molecule has 33 heavy (non-hydrogen) atoms. The van der Waals surface area contributed by atoms with Gasteiger partial charge in [-0.15, -0.1) is 0 Å². The van der Waals surface area contributed by atoms with Crippen molar-refractivity contribution in [3.05, 3.63) is 41.9 Å². The zero-order chi connectivity index (χ0) is 22.2. The van der Waals surface area contributed by atoms with Gasteiger partial charge in [-0.25, -0.2) is 15.0 Å². The zero-order valence-electron chi connectivity index (χ0n) is 18.5. The van der Waals surface area contributed by atoms with E-state index in [-0.39, 0.29) is 6.10 Å². The molecule has 1 atom stereocenters. The quantitative estimate of drug-likeness (QED) is 0.372. The van der Waals surface area contributed by atoms with E-state index in [2.05, 4.69) is 37.6 Å². The van der Waals surface area contributed by atoms with Crippen LogP contribution in [0.1, 0.15) is 42.9 Å². The molecule has 6 rings (SSSR count). The summed E-state index contributed by atoms with van der Waals surface area (Å²) in [5.41, 5.74) is 12.7. The van der Waals surface area contributed by atoms with Crippen LogP contribution in [0.25, 0.3) is 33.8 Å². The maximum Gasteiger partial charge on any atom is 0.161 e. The van der Waals surface area contributed by atoms with Gasteiger partial charge in [-0.05, 0) is 50.4 Å². The molecular formula is C24H28N8O. The summed E-state index contributed by atoms with van der Waals surface area (Å²) in [6.07, 6.45) is 9.08. The molecule has 0 spiro atoms. The highest BCUT2D eigenvalue weighted by Crippen LogP contribution is 2.33. The van der Waals surface area contributed by atoms with E-state index in [0.717, 1.165) is 79.8 Å². The first-order valence-corrected chi connectivity index (χ1v) is 11.7. The zero-order valence-corrected chi connectivity index (χ0v) is 18.5. The van der Waals surface area contributed by atoms with Crippen LogP contribution in [0.15, 0.2) is 30.6 Å². The van der Waals surface area contributed by atoms with Crippen LogP contribution in [0.2, 0.25) is 0 Å². The molecule has 0 radical (unpaired) electrons. The molecule has 3 aromatic heterocycles. The fourth-order valence-corrected chi connectivity index (χ4v) is 5.03. The molecule has 4 aromatic rings. The number of H-pyrrole nitrogens is 2. The Balaban J connectivity index is 1.36. The van der Waals surface area contributed by atoms with Gasteiger partial charge in [0.05, 0.1) is 34.7 Å². The van der Waals surface area contributed by atoms with Crippen molar-refractivity contribution in [1.29, 1.82) is 0 Å². The Morgan fingerprint density at radius 2 is 2.03 bits per heavy atom. The first kappa shape index (κ1) is 20.3. The molecule has 5 N–H and O–H groups in total. The number of ether oxygens (including phenoxy) is 1. The van der Waals surface area contributed by atoms with Crippen LogP contribution >= 0.6 is 0 Å². The molecular weight excluding hydrogens is 416 g/mol. The SMILES string of the molecule is Nc1ncc(-c2c[nH]nc2C2CCNCC2)nc1-c1nc2c(CC3CCCO3)cccc2[nH]1. The number of hydrogen-bond donors (Lipinski definition) is 4. The summed E-state index contributed by atoms with van der Waals surface area (Å²) in [5.74, 6) is 1.39. The fraction of sp³-hybridized carbons (Fsp3) is 0.417. The first-order chi connectivity index (χ1) is 16.3. The van der Waals surface area contributed by atoms with Crippen molar-refractivity contribution >= 4 is 16.9 Å². The molecule has 9 heteroatoms. The van der Waals surface area contributed by atoms with Crippen molar-refractivity contribution in [2.24, 2.45) is 0 Å². The molecule has 170 valence electrons. The molecule has 9 nitrogen and oxygen atoms in total. The lowest BCUT2D eigenvalue weighted by atomic mass is 9.91. The van der Waals surface area contributed by atoms with E-state index >= 15 is 0 Å². The maximum absolute atomic E-state index is 6.26. The van der Waals surface area contributed by atoms with Crippen LogP contribution in [0.5, 0.6) is 0 Å². The summed E-state index contributed by atoms with van der Waals surface area (Å²) < 4.78 is 5.84. The summed E-state index contributed by atoms with van der Waals surface area (Å²) in [6.45, 7) is 2.85. The minimum absolute atomic E-state index is 0.262. The molecule has 5 heterocycles. The third-order valence-electron chi connectivity index (χ3n) is 6.76. The largest absolute Gasteiger partial charge is 0.382 e. The molecule has 0 amide bonds. The van der Waals surface area contributed by atoms with E-state index in [9.17, 15) is 0 Å². The van der Waals surface area contributed by atoms with Crippen molar-refractivity contribution in [3.63, 3.8) is 0 Å². The average Bonchev–Trinajstić information content (AvgIpc) is 3.61. The molecule has 1 aromatic carbocycles. The van der Waals surface area contributed by atoms with Crippen LogP contribution in [0, 0.1) is 0 Å². The Morgan fingerprint density at radius 1 is 1.12 bits per heavy atom. The van der Waals surface area contributed by atoms with Crippen LogP contribution in [0.4, 0.5) is 5.82 Å². The summed E-state index contributed by atoms with van der Waals surface area (Å²) in [4.78, 5) is 17.6. The van der Waals surface area contributed by atoms with Gasteiger partial charge in [0.1, 0.15) is 5.69 Å². The smallest absolute Gasteiger partial charge is 0.161 e. The van der Waals surface area contributed by atoms with E-state index in [1.54, 1.807) is 6.20 Å². The van der Waals surface area contributed by atoms with Crippen LogP contribution < -0.4 is 11.1 Å². The average molecular weight is 445 g/mol. The van der Waals surface area contributed by atoms with Crippen molar-refractivity contribution in [3.8, 4) is 22.8 Å². The molecule has 2 aliphatic heterocycles. The van der Waals surface area contributed by atoms with Gasteiger partial charge in [0.2, 0.25) is 0 Å². The van der Waals surface area contributed by atoms with E-state index in [0.29, 0.717) is 23.3 Å². The minimum Gasteiger partial charge on any atom is -0.382 e. The van der Waals surface area contributed by atoms with Gasteiger partial charge in [-0.2, -0.15) is 5.10 Å². The number of anilines is 1. The first-order valence-electron chi connectivity index (χ1n) is 11.7. The number of nitrogens with two attached hydrogens (primary N) is 1. The molecule has 2 saturated heterocycles. The van der Waals surface area contributed by atoms with Gasteiger partial charge < -0.3 is 20.8 Å². The van der Waals surface area contributed by atoms with Gasteiger partial charge in [-0.3, -0.25) is 5.10 Å². The number of benzene rings is 1. The highest BCUT2D eigenvalue weighted by molar-refractivity contribution is 5.83. The number of rotatable bonds is 5. The number of aromatic amines is 2. The number of aromatic nitrogens is 6. The highest BCUT2D eigenvalue weighted by Gasteiger charge is 2.24.